The zero-order chi connectivity index (χ0) is 12.7. The molecule has 1 aliphatic carbocycles. The number of aryl methyl sites for hydroxylation is 1. The molecular weight excluding hydrogens is 230 g/mol. The Morgan fingerprint density at radius 2 is 2.00 bits per heavy atom. The van der Waals surface area contributed by atoms with Gasteiger partial charge in [-0.15, -0.1) is 0 Å². The van der Waals surface area contributed by atoms with Crippen molar-refractivity contribution in [1.29, 1.82) is 0 Å². The normalized spacial score (nSPS) is 21.3. The smallest absolute Gasteiger partial charge is 0.276 e. The van der Waals surface area contributed by atoms with Crippen LogP contribution in [0.3, 0.4) is 0 Å². The van der Waals surface area contributed by atoms with Crippen molar-refractivity contribution in [3.8, 4) is 0 Å². The van der Waals surface area contributed by atoms with Crippen LogP contribution in [-0.4, -0.2) is 58.1 Å². The second-order valence-corrected chi connectivity index (χ2v) is 5.17. The Morgan fingerprint density at radius 1 is 1.33 bits per heavy atom. The Morgan fingerprint density at radius 3 is 2.50 bits per heavy atom. The fraction of sp³-hybridized carbons (Fsp3) is 0.667. The number of rotatable bonds is 2. The van der Waals surface area contributed by atoms with Crippen LogP contribution in [0, 0.1) is 6.92 Å². The summed E-state index contributed by atoms with van der Waals surface area (Å²) in [5.41, 5.74) is 7.45. The highest BCUT2D eigenvalue weighted by Crippen LogP contribution is 2.27. The van der Waals surface area contributed by atoms with Crippen LogP contribution in [0.5, 0.6) is 0 Å². The third-order valence-electron chi connectivity index (χ3n) is 3.86. The molecule has 1 aliphatic heterocycles. The number of nitrogens with two attached hydrogens (primary N) is 1. The number of carbonyl (C=O) groups excluding carboxylic acids is 1. The summed E-state index contributed by atoms with van der Waals surface area (Å²) in [7, 11) is 0. The van der Waals surface area contributed by atoms with Gasteiger partial charge in [-0.2, -0.15) is 5.10 Å². The first-order valence-corrected chi connectivity index (χ1v) is 6.50. The molecule has 2 fully saturated rings. The van der Waals surface area contributed by atoms with Crippen molar-refractivity contribution in [2.45, 2.75) is 25.8 Å². The van der Waals surface area contributed by atoms with Crippen LogP contribution in [0.15, 0.2) is 0 Å². The number of nitrogen functional groups attached to an aromatic ring is 1. The zero-order valence-electron chi connectivity index (χ0n) is 10.6. The lowest BCUT2D eigenvalue weighted by molar-refractivity contribution is 0.0622. The highest BCUT2D eigenvalue weighted by atomic mass is 16.2. The summed E-state index contributed by atoms with van der Waals surface area (Å²) in [6.07, 6.45) is 2.64. The predicted octanol–water partition coefficient (Wildman–Crippen LogP) is 0.221. The lowest BCUT2D eigenvalue weighted by Gasteiger charge is -2.34. The summed E-state index contributed by atoms with van der Waals surface area (Å²) in [6, 6.07) is 0.778. The first kappa shape index (κ1) is 11.5. The minimum Gasteiger partial charge on any atom is -0.395 e. The van der Waals surface area contributed by atoms with Crippen LogP contribution in [-0.2, 0) is 0 Å². The minimum atomic E-state index is -0.0488. The van der Waals surface area contributed by atoms with Crippen molar-refractivity contribution >= 4 is 11.6 Å². The third kappa shape index (κ3) is 1.96. The SMILES string of the molecule is Cc1[nH]nc(C(=O)N2CCN(C3CC3)CC2)c1N. The lowest BCUT2D eigenvalue weighted by atomic mass is 10.2. The molecule has 0 spiro atoms. The third-order valence-corrected chi connectivity index (χ3v) is 3.86. The van der Waals surface area contributed by atoms with E-state index >= 15 is 0 Å². The molecule has 3 N–H and O–H groups in total. The fourth-order valence-electron chi connectivity index (χ4n) is 2.48. The average molecular weight is 249 g/mol. The van der Waals surface area contributed by atoms with Crippen LogP contribution >= 0.6 is 0 Å². The van der Waals surface area contributed by atoms with Crippen LogP contribution in [0.4, 0.5) is 5.69 Å². The van der Waals surface area contributed by atoms with Gasteiger partial charge in [-0.05, 0) is 19.8 Å². The van der Waals surface area contributed by atoms with Gasteiger partial charge >= 0.3 is 0 Å². The molecular formula is C12H19N5O. The second kappa shape index (κ2) is 4.28. The van der Waals surface area contributed by atoms with Crippen molar-refractivity contribution < 1.29 is 4.79 Å². The Hall–Kier alpha value is -1.56. The maximum atomic E-state index is 12.3. The Labute approximate surface area is 106 Å². The summed E-state index contributed by atoms with van der Waals surface area (Å²) >= 11 is 0. The molecule has 2 heterocycles. The van der Waals surface area contributed by atoms with Gasteiger partial charge in [0.25, 0.3) is 5.91 Å². The summed E-state index contributed by atoms with van der Waals surface area (Å²) in [6.45, 7) is 5.32. The van der Waals surface area contributed by atoms with Crippen molar-refractivity contribution in [1.82, 2.24) is 20.0 Å². The standard InChI is InChI=1S/C12H19N5O/c1-8-10(13)11(15-14-8)12(18)17-6-4-16(5-7-17)9-2-3-9/h9H,2-7,13H2,1H3,(H,14,15). The van der Waals surface area contributed by atoms with Gasteiger partial charge in [0.2, 0.25) is 0 Å². The van der Waals surface area contributed by atoms with Gasteiger partial charge in [-0.3, -0.25) is 14.8 Å². The molecule has 6 heteroatoms. The summed E-state index contributed by atoms with van der Waals surface area (Å²) in [4.78, 5) is 16.6. The van der Waals surface area contributed by atoms with Crippen molar-refractivity contribution in [3.63, 3.8) is 0 Å². The summed E-state index contributed by atoms with van der Waals surface area (Å²) in [5, 5.41) is 6.76. The zero-order valence-corrected chi connectivity index (χ0v) is 10.6. The van der Waals surface area contributed by atoms with Crippen molar-refractivity contribution in [3.05, 3.63) is 11.4 Å². The maximum Gasteiger partial charge on any atom is 0.276 e. The van der Waals surface area contributed by atoms with E-state index in [4.69, 9.17) is 5.73 Å². The van der Waals surface area contributed by atoms with E-state index in [1.165, 1.54) is 12.8 Å². The largest absolute Gasteiger partial charge is 0.395 e. The number of carbonyl (C=O) groups is 1. The molecule has 18 heavy (non-hydrogen) atoms. The second-order valence-electron chi connectivity index (χ2n) is 5.17. The first-order chi connectivity index (χ1) is 8.66. The van der Waals surface area contributed by atoms with Gasteiger partial charge in [0.1, 0.15) is 0 Å². The first-order valence-electron chi connectivity index (χ1n) is 6.50. The molecule has 1 saturated carbocycles. The number of hydrogen-bond donors (Lipinski definition) is 2. The molecule has 1 amide bonds. The molecule has 3 rings (SSSR count). The quantitative estimate of drug-likeness (QED) is 0.786. The minimum absolute atomic E-state index is 0.0488. The molecule has 0 aromatic carbocycles. The Balaban J connectivity index is 1.65. The monoisotopic (exact) mass is 249 g/mol. The van der Waals surface area contributed by atoms with Gasteiger partial charge in [0.05, 0.1) is 11.4 Å². The number of anilines is 1. The van der Waals surface area contributed by atoms with E-state index in [9.17, 15) is 4.79 Å². The van der Waals surface area contributed by atoms with E-state index in [1.807, 2.05) is 11.8 Å². The molecule has 0 unspecified atom stereocenters. The van der Waals surface area contributed by atoms with Crippen LogP contribution in [0.2, 0.25) is 0 Å². The number of amides is 1. The van der Waals surface area contributed by atoms with Crippen LogP contribution < -0.4 is 5.73 Å². The fourth-order valence-corrected chi connectivity index (χ4v) is 2.48. The Kier molecular flexibility index (Phi) is 2.74. The molecule has 98 valence electrons. The van der Waals surface area contributed by atoms with Gasteiger partial charge in [-0.1, -0.05) is 0 Å². The van der Waals surface area contributed by atoms with E-state index in [-0.39, 0.29) is 5.91 Å². The summed E-state index contributed by atoms with van der Waals surface area (Å²) < 4.78 is 0. The molecule has 1 aromatic heterocycles. The van der Waals surface area contributed by atoms with Gasteiger partial charge in [0, 0.05) is 32.2 Å². The molecule has 1 saturated heterocycles. The number of H-pyrrole nitrogens is 1. The van der Waals surface area contributed by atoms with Gasteiger partial charge < -0.3 is 10.6 Å². The van der Waals surface area contributed by atoms with Gasteiger partial charge in [0.15, 0.2) is 5.69 Å². The van der Waals surface area contributed by atoms with Gasteiger partial charge in [-0.25, -0.2) is 0 Å². The molecule has 0 atom stereocenters. The number of hydrogen-bond acceptors (Lipinski definition) is 4. The molecule has 6 nitrogen and oxygen atoms in total. The molecule has 0 radical (unpaired) electrons. The Bertz CT molecular complexity index is 457. The maximum absolute atomic E-state index is 12.3. The topological polar surface area (TPSA) is 78.2 Å². The molecule has 2 aliphatic rings. The van der Waals surface area contributed by atoms with E-state index in [0.717, 1.165) is 37.9 Å². The van der Waals surface area contributed by atoms with E-state index in [0.29, 0.717) is 11.4 Å². The number of aromatic amines is 1. The highest BCUT2D eigenvalue weighted by molar-refractivity contribution is 5.97. The number of nitrogens with one attached hydrogen (secondary N) is 1. The van der Waals surface area contributed by atoms with Crippen molar-refractivity contribution in [2.75, 3.05) is 31.9 Å². The lowest BCUT2D eigenvalue weighted by Crippen LogP contribution is -2.49. The molecule has 1 aromatic rings. The summed E-state index contributed by atoms with van der Waals surface area (Å²) in [5.74, 6) is -0.0488. The van der Waals surface area contributed by atoms with E-state index < -0.39 is 0 Å². The molecule has 0 bridgehead atoms. The highest BCUT2D eigenvalue weighted by Gasteiger charge is 2.33. The number of aromatic nitrogens is 2. The van der Waals surface area contributed by atoms with Crippen LogP contribution in [0.25, 0.3) is 0 Å². The van der Waals surface area contributed by atoms with Crippen molar-refractivity contribution in [2.24, 2.45) is 0 Å². The number of nitrogens with zero attached hydrogens (tertiary/aromatic N) is 3. The van der Waals surface area contributed by atoms with E-state index in [2.05, 4.69) is 15.1 Å². The van der Waals surface area contributed by atoms with E-state index in [1.54, 1.807) is 0 Å². The van der Waals surface area contributed by atoms with Crippen LogP contribution in [0.1, 0.15) is 29.0 Å². The average Bonchev–Trinajstić information content (AvgIpc) is 3.18. The predicted molar refractivity (Wildman–Crippen MR) is 68.2 cm³/mol. The number of piperazine rings is 1.